The number of fused-ring (bicyclic) bond motifs is 1. The smallest absolute Gasteiger partial charge is 0.331 e. The SMILES string of the molecule is O=c1[nH]c2ccccc2n1-c1ccn(CC2CCCCCCC2)c1. The number of aromatic nitrogens is 3. The van der Waals surface area contributed by atoms with Crippen LogP contribution in [-0.4, -0.2) is 14.1 Å². The summed E-state index contributed by atoms with van der Waals surface area (Å²) < 4.78 is 4.03. The van der Waals surface area contributed by atoms with E-state index in [4.69, 9.17) is 0 Å². The Labute approximate surface area is 142 Å². The van der Waals surface area contributed by atoms with Gasteiger partial charge >= 0.3 is 5.69 Å². The maximum atomic E-state index is 12.3. The summed E-state index contributed by atoms with van der Waals surface area (Å²) in [6, 6.07) is 9.89. The lowest BCUT2D eigenvalue weighted by atomic mass is 9.91. The summed E-state index contributed by atoms with van der Waals surface area (Å²) in [5.74, 6) is 0.769. The maximum Gasteiger partial charge on any atom is 0.331 e. The van der Waals surface area contributed by atoms with E-state index in [1.54, 1.807) is 4.57 Å². The quantitative estimate of drug-likeness (QED) is 0.758. The predicted octanol–water partition coefficient (Wildman–Crippen LogP) is 4.48. The summed E-state index contributed by atoms with van der Waals surface area (Å²) >= 11 is 0. The average Bonchev–Trinajstić information content (AvgIpc) is 3.12. The molecule has 2 aromatic heterocycles. The van der Waals surface area contributed by atoms with Crippen LogP contribution in [-0.2, 0) is 6.54 Å². The molecular weight excluding hydrogens is 298 g/mol. The summed E-state index contributed by atoms with van der Waals surface area (Å²) in [6.07, 6.45) is 13.8. The van der Waals surface area contributed by atoms with E-state index in [0.29, 0.717) is 0 Å². The second-order valence-corrected chi connectivity index (χ2v) is 7.06. The maximum absolute atomic E-state index is 12.3. The van der Waals surface area contributed by atoms with Gasteiger partial charge in [-0.3, -0.25) is 4.57 Å². The van der Waals surface area contributed by atoms with E-state index in [9.17, 15) is 4.79 Å². The van der Waals surface area contributed by atoms with Crippen LogP contribution >= 0.6 is 0 Å². The van der Waals surface area contributed by atoms with Crippen LogP contribution in [0.3, 0.4) is 0 Å². The normalized spacial score (nSPS) is 17.0. The van der Waals surface area contributed by atoms with Crippen molar-refractivity contribution < 1.29 is 0 Å². The van der Waals surface area contributed by atoms with Crippen molar-refractivity contribution in [1.82, 2.24) is 14.1 Å². The first-order valence-electron chi connectivity index (χ1n) is 9.17. The van der Waals surface area contributed by atoms with Gasteiger partial charge in [-0.2, -0.15) is 0 Å². The Kier molecular flexibility index (Phi) is 4.28. The molecule has 0 spiro atoms. The standard InChI is InChI=1S/C20H25N3O/c24-20-21-18-10-6-7-11-19(18)23(20)17-12-13-22(15-17)14-16-8-4-2-1-3-5-9-16/h6-7,10-13,15-16H,1-5,8-9,14H2,(H,21,24). The van der Waals surface area contributed by atoms with Crippen LogP contribution in [0.15, 0.2) is 47.5 Å². The molecule has 4 rings (SSSR count). The first-order valence-corrected chi connectivity index (χ1v) is 9.17. The molecule has 0 bridgehead atoms. The van der Waals surface area contributed by atoms with Crippen molar-refractivity contribution in [2.45, 2.75) is 51.5 Å². The van der Waals surface area contributed by atoms with Gasteiger partial charge in [-0.05, 0) is 37.0 Å². The third-order valence-electron chi connectivity index (χ3n) is 5.28. The molecule has 0 atom stereocenters. The highest BCUT2D eigenvalue weighted by Gasteiger charge is 2.13. The fourth-order valence-corrected chi connectivity index (χ4v) is 4.01. The molecule has 0 radical (unpaired) electrons. The number of para-hydroxylation sites is 2. The molecule has 0 saturated heterocycles. The molecule has 2 heterocycles. The molecule has 1 fully saturated rings. The van der Waals surface area contributed by atoms with E-state index in [1.165, 1.54) is 44.9 Å². The van der Waals surface area contributed by atoms with Gasteiger partial charge in [-0.1, -0.05) is 44.2 Å². The fourth-order valence-electron chi connectivity index (χ4n) is 4.01. The van der Waals surface area contributed by atoms with Gasteiger partial charge in [0.05, 0.1) is 16.7 Å². The number of nitrogens with one attached hydrogen (secondary N) is 1. The molecule has 1 aliphatic carbocycles. The Morgan fingerprint density at radius 3 is 2.58 bits per heavy atom. The van der Waals surface area contributed by atoms with Crippen molar-refractivity contribution in [2.24, 2.45) is 5.92 Å². The number of nitrogens with zero attached hydrogens (tertiary/aromatic N) is 2. The van der Waals surface area contributed by atoms with Crippen LogP contribution in [0.4, 0.5) is 0 Å². The molecule has 1 aromatic carbocycles. The van der Waals surface area contributed by atoms with Crippen LogP contribution in [0.2, 0.25) is 0 Å². The van der Waals surface area contributed by atoms with E-state index in [2.05, 4.69) is 21.9 Å². The number of hydrogen-bond donors (Lipinski definition) is 1. The summed E-state index contributed by atoms with van der Waals surface area (Å²) in [6.45, 7) is 1.07. The Bertz CT molecular complexity index is 862. The van der Waals surface area contributed by atoms with Gasteiger partial charge in [0.2, 0.25) is 0 Å². The van der Waals surface area contributed by atoms with Gasteiger partial charge in [-0.15, -0.1) is 0 Å². The minimum absolute atomic E-state index is 0.0695. The lowest BCUT2D eigenvalue weighted by molar-refractivity contribution is 0.339. The van der Waals surface area contributed by atoms with Gasteiger partial charge in [0.15, 0.2) is 0 Å². The van der Waals surface area contributed by atoms with Gasteiger partial charge in [0.25, 0.3) is 0 Å². The summed E-state index contributed by atoms with van der Waals surface area (Å²) in [7, 11) is 0. The highest BCUT2D eigenvalue weighted by molar-refractivity contribution is 5.77. The van der Waals surface area contributed by atoms with Crippen molar-refractivity contribution in [3.05, 3.63) is 53.2 Å². The number of rotatable bonds is 3. The zero-order valence-corrected chi connectivity index (χ0v) is 14.1. The van der Waals surface area contributed by atoms with Crippen LogP contribution in [0.25, 0.3) is 16.7 Å². The molecule has 4 nitrogen and oxygen atoms in total. The molecule has 0 amide bonds. The molecule has 1 saturated carbocycles. The average molecular weight is 323 g/mol. The van der Waals surface area contributed by atoms with E-state index in [1.807, 2.05) is 30.3 Å². The third-order valence-corrected chi connectivity index (χ3v) is 5.28. The Balaban J connectivity index is 1.58. The third kappa shape index (κ3) is 3.05. The van der Waals surface area contributed by atoms with Gasteiger partial charge in [-0.25, -0.2) is 4.79 Å². The number of aromatic amines is 1. The first-order chi connectivity index (χ1) is 11.8. The van der Waals surface area contributed by atoms with Gasteiger partial charge in [0, 0.05) is 18.9 Å². The predicted molar refractivity (Wildman–Crippen MR) is 97.7 cm³/mol. The number of H-pyrrole nitrogens is 1. The van der Waals surface area contributed by atoms with Crippen LogP contribution < -0.4 is 5.69 Å². The van der Waals surface area contributed by atoms with Gasteiger partial charge in [0.1, 0.15) is 0 Å². The molecule has 126 valence electrons. The van der Waals surface area contributed by atoms with Gasteiger partial charge < -0.3 is 9.55 Å². The topological polar surface area (TPSA) is 42.7 Å². The zero-order valence-electron chi connectivity index (χ0n) is 14.1. The zero-order chi connectivity index (χ0) is 16.4. The van der Waals surface area contributed by atoms with Crippen molar-refractivity contribution in [3.8, 4) is 5.69 Å². The van der Waals surface area contributed by atoms with Crippen LogP contribution in [0, 0.1) is 5.92 Å². The van der Waals surface area contributed by atoms with E-state index < -0.39 is 0 Å². The van der Waals surface area contributed by atoms with Crippen LogP contribution in [0.5, 0.6) is 0 Å². The van der Waals surface area contributed by atoms with E-state index in [-0.39, 0.29) is 5.69 Å². The fraction of sp³-hybridized carbons (Fsp3) is 0.450. The molecular formula is C20H25N3O. The van der Waals surface area contributed by atoms with Crippen molar-refractivity contribution >= 4 is 11.0 Å². The summed E-state index contributed by atoms with van der Waals surface area (Å²) in [5.41, 5.74) is 2.70. The second-order valence-electron chi connectivity index (χ2n) is 7.06. The van der Waals surface area contributed by atoms with Crippen molar-refractivity contribution in [1.29, 1.82) is 0 Å². The monoisotopic (exact) mass is 323 g/mol. The lowest BCUT2D eigenvalue weighted by Gasteiger charge is -2.20. The minimum Gasteiger partial charge on any atom is -0.352 e. The van der Waals surface area contributed by atoms with E-state index in [0.717, 1.165) is 29.2 Å². The molecule has 1 aliphatic rings. The summed E-state index contributed by atoms with van der Waals surface area (Å²) in [4.78, 5) is 15.2. The number of hydrogen-bond acceptors (Lipinski definition) is 1. The first kappa shape index (κ1) is 15.3. The van der Waals surface area contributed by atoms with Crippen molar-refractivity contribution in [3.63, 3.8) is 0 Å². The Hall–Kier alpha value is -2.23. The molecule has 0 unspecified atom stereocenters. The van der Waals surface area contributed by atoms with Crippen LogP contribution in [0.1, 0.15) is 44.9 Å². The Morgan fingerprint density at radius 2 is 1.75 bits per heavy atom. The Morgan fingerprint density at radius 1 is 1.00 bits per heavy atom. The van der Waals surface area contributed by atoms with Crippen molar-refractivity contribution in [2.75, 3.05) is 0 Å². The highest BCUT2D eigenvalue weighted by Crippen LogP contribution is 2.24. The van der Waals surface area contributed by atoms with E-state index >= 15 is 0 Å². The molecule has 4 heteroatoms. The molecule has 1 N–H and O–H groups in total. The summed E-state index contributed by atoms with van der Waals surface area (Å²) in [5, 5.41) is 0. The lowest BCUT2D eigenvalue weighted by Crippen LogP contribution is -2.14. The molecule has 24 heavy (non-hydrogen) atoms. The highest BCUT2D eigenvalue weighted by atomic mass is 16.1. The number of imidazole rings is 1. The largest absolute Gasteiger partial charge is 0.352 e. The molecule has 3 aromatic rings. The number of benzene rings is 1. The second kappa shape index (κ2) is 6.71. The molecule has 0 aliphatic heterocycles. The minimum atomic E-state index is -0.0695.